The minimum Gasteiger partial charge on any atom is -0.393 e. The van der Waals surface area contributed by atoms with Crippen molar-refractivity contribution in [2.45, 2.75) is 39.4 Å². The number of aliphatic hydroxyl groups is 1. The Bertz CT molecular complexity index is 61.9. The van der Waals surface area contributed by atoms with E-state index in [2.05, 4.69) is 0 Å². The van der Waals surface area contributed by atoms with E-state index in [9.17, 15) is 0 Å². The fourth-order valence-electron chi connectivity index (χ4n) is 0.833. The van der Waals surface area contributed by atoms with Crippen molar-refractivity contribution in [1.82, 2.24) is 0 Å². The van der Waals surface area contributed by atoms with Crippen molar-refractivity contribution in [3.8, 4) is 0 Å². The molecule has 0 aliphatic carbocycles. The van der Waals surface area contributed by atoms with Crippen molar-refractivity contribution in [3.63, 3.8) is 0 Å². The number of rotatable bonds is 4. The molecule has 0 aromatic rings. The van der Waals surface area contributed by atoms with Crippen LogP contribution < -0.4 is 0 Å². The molecule has 0 aromatic heterocycles. The lowest BCUT2D eigenvalue weighted by Crippen LogP contribution is -2.14. The highest BCUT2D eigenvalue weighted by Crippen LogP contribution is 2.00. The number of hydrogen-bond donors (Lipinski definition) is 1. The molecule has 0 amide bonds. The second-order valence-electron chi connectivity index (χ2n) is 2.35. The maximum atomic E-state index is 8.87. The van der Waals surface area contributed by atoms with Crippen LogP contribution in [0.2, 0.25) is 0 Å². The van der Waals surface area contributed by atoms with Crippen LogP contribution in [0, 0.1) is 0 Å². The van der Waals surface area contributed by atoms with Gasteiger partial charge >= 0.3 is 0 Å². The third-order valence-corrected chi connectivity index (χ3v) is 1.12. The maximum Gasteiger partial charge on any atom is 0.0571 e. The summed E-state index contributed by atoms with van der Waals surface area (Å²) >= 11 is 0. The maximum absolute atomic E-state index is 8.87. The summed E-state index contributed by atoms with van der Waals surface area (Å²) in [6.07, 6.45) is 0.676. The van der Waals surface area contributed by atoms with E-state index in [1.165, 1.54) is 0 Å². The van der Waals surface area contributed by atoms with Crippen molar-refractivity contribution in [1.29, 1.82) is 0 Å². The third-order valence-electron chi connectivity index (χ3n) is 1.12. The summed E-state index contributed by atoms with van der Waals surface area (Å²) in [5.74, 6) is 0. The lowest BCUT2D eigenvalue weighted by atomic mass is 10.2. The molecule has 0 saturated carbocycles. The summed E-state index contributed by atoms with van der Waals surface area (Å²) in [6, 6.07) is 0. The molecule has 0 spiro atoms. The Morgan fingerprint density at radius 1 is 1.44 bits per heavy atom. The van der Waals surface area contributed by atoms with E-state index in [0.717, 1.165) is 13.0 Å². The predicted octanol–water partition coefficient (Wildman–Crippen LogP) is 1.18. The average molecular weight is 132 g/mol. The Morgan fingerprint density at radius 2 is 2.00 bits per heavy atom. The van der Waals surface area contributed by atoms with E-state index in [-0.39, 0.29) is 12.2 Å². The molecule has 2 heteroatoms. The van der Waals surface area contributed by atoms with E-state index < -0.39 is 0 Å². The van der Waals surface area contributed by atoms with Gasteiger partial charge in [-0.05, 0) is 27.2 Å². The van der Waals surface area contributed by atoms with Gasteiger partial charge in [0.1, 0.15) is 0 Å². The van der Waals surface area contributed by atoms with E-state index in [0.29, 0.717) is 0 Å². The summed E-state index contributed by atoms with van der Waals surface area (Å²) in [5, 5.41) is 8.87. The molecule has 9 heavy (non-hydrogen) atoms. The Hall–Kier alpha value is -0.0800. The standard InChI is InChI=1S/C7H16O2/c1-4-9-7(3)5-6(2)8/h6-8H,4-5H2,1-3H3/t6-,7-/m1/s1. The van der Waals surface area contributed by atoms with Crippen molar-refractivity contribution >= 4 is 0 Å². The summed E-state index contributed by atoms with van der Waals surface area (Å²) in [5.41, 5.74) is 0. The van der Waals surface area contributed by atoms with Gasteiger partial charge in [-0.15, -0.1) is 0 Å². The molecule has 0 aliphatic heterocycles. The highest BCUT2D eigenvalue weighted by atomic mass is 16.5. The van der Waals surface area contributed by atoms with E-state index >= 15 is 0 Å². The number of aliphatic hydroxyl groups excluding tert-OH is 1. The fraction of sp³-hybridized carbons (Fsp3) is 1.00. The van der Waals surface area contributed by atoms with Gasteiger partial charge in [0.2, 0.25) is 0 Å². The smallest absolute Gasteiger partial charge is 0.0571 e. The Morgan fingerprint density at radius 3 is 2.33 bits per heavy atom. The quantitative estimate of drug-likeness (QED) is 0.622. The van der Waals surface area contributed by atoms with Gasteiger partial charge in [-0.25, -0.2) is 0 Å². The van der Waals surface area contributed by atoms with E-state index in [1.54, 1.807) is 6.92 Å². The van der Waals surface area contributed by atoms with Crippen molar-refractivity contribution in [3.05, 3.63) is 0 Å². The monoisotopic (exact) mass is 132 g/mol. The molecule has 0 bridgehead atoms. The molecule has 0 aromatic carbocycles. The van der Waals surface area contributed by atoms with Crippen LogP contribution in [-0.2, 0) is 4.74 Å². The summed E-state index contributed by atoms with van der Waals surface area (Å²) in [6.45, 7) is 6.43. The number of hydrogen-bond acceptors (Lipinski definition) is 2. The summed E-state index contributed by atoms with van der Waals surface area (Å²) in [4.78, 5) is 0. The van der Waals surface area contributed by atoms with Gasteiger partial charge in [-0.3, -0.25) is 0 Å². The Balaban J connectivity index is 3.15. The van der Waals surface area contributed by atoms with Crippen molar-refractivity contribution < 1.29 is 9.84 Å². The van der Waals surface area contributed by atoms with Crippen molar-refractivity contribution in [2.24, 2.45) is 0 Å². The van der Waals surface area contributed by atoms with Gasteiger partial charge < -0.3 is 9.84 Å². The molecule has 1 N–H and O–H groups in total. The van der Waals surface area contributed by atoms with Crippen LogP contribution in [0.5, 0.6) is 0 Å². The van der Waals surface area contributed by atoms with Gasteiger partial charge in [-0.2, -0.15) is 0 Å². The van der Waals surface area contributed by atoms with Crippen molar-refractivity contribution in [2.75, 3.05) is 6.61 Å². The molecular formula is C7H16O2. The molecular weight excluding hydrogens is 116 g/mol. The first-order valence-electron chi connectivity index (χ1n) is 3.46. The SMILES string of the molecule is CCO[C@H](C)C[C@@H](C)O. The van der Waals surface area contributed by atoms with Gasteiger partial charge in [0.15, 0.2) is 0 Å². The molecule has 0 heterocycles. The second kappa shape index (κ2) is 4.77. The molecule has 2 atom stereocenters. The van der Waals surface area contributed by atoms with E-state index in [4.69, 9.17) is 9.84 Å². The van der Waals surface area contributed by atoms with Gasteiger partial charge in [-0.1, -0.05) is 0 Å². The third kappa shape index (κ3) is 5.80. The largest absolute Gasteiger partial charge is 0.393 e. The minimum atomic E-state index is -0.244. The van der Waals surface area contributed by atoms with Crippen LogP contribution >= 0.6 is 0 Å². The Kier molecular flexibility index (Phi) is 4.72. The lowest BCUT2D eigenvalue weighted by Gasteiger charge is -2.12. The highest BCUT2D eigenvalue weighted by molar-refractivity contribution is 4.54. The molecule has 0 saturated heterocycles. The normalized spacial score (nSPS) is 17.3. The topological polar surface area (TPSA) is 29.5 Å². The van der Waals surface area contributed by atoms with Gasteiger partial charge in [0.05, 0.1) is 12.2 Å². The zero-order valence-corrected chi connectivity index (χ0v) is 6.42. The first kappa shape index (κ1) is 8.92. The molecule has 56 valence electrons. The van der Waals surface area contributed by atoms with Crippen LogP contribution in [0.25, 0.3) is 0 Å². The molecule has 0 aliphatic rings. The second-order valence-corrected chi connectivity index (χ2v) is 2.35. The average Bonchev–Trinajstić information content (AvgIpc) is 1.63. The molecule has 0 fully saturated rings. The molecule has 2 nitrogen and oxygen atoms in total. The van der Waals surface area contributed by atoms with Gasteiger partial charge in [0.25, 0.3) is 0 Å². The minimum absolute atomic E-state index is 0.190. The summed E-state index contributed by atoms with van der Waals surface area (Å²) < 4.78 is 5.19. The molecule has 0 radical (unpaired) electrons. The first-order chi connectivity index (χ1) is 4.16. The highest BCUT2D eigenvalue weighted by Gasteiger charge is 2.03. The molecule has 0 unspecified atom stereocenters. The van der Waals surface area contributed by atoms with Crippen LogP contribution in [0.3, 0.4) is 0 Å². The lowest BCUT2D eigenvalue weighted by molar-refractivity contribution is 0.0364. The number of ether oxygens (including phenoxy) is 1. The zero-order chi connectivity index (χ0) is 7.28. The van der Waals surface area contributed by atoms with Crippen LogP contribution in [-0.4, -0.2) is 23.9 Å². The summed E-state index contributed by atoms with van der Waals surface area (Å²) in [7, 11) is 0. The van der Waals surface area contributed by atoms with Gasteiger partial charge in [0, 0.05) is 6.61 Å². The van der Waals surface area contributed by atoms with E-state index in [1.807, 2.05) is 13.8 Å². The van der Waals surface area contributed by atoms with Crippen LogP contribution in [0.1, 0.15) is 27.2 Å². The van der Waals surface area contributed by atoms with Crippen LogP contribution in [0.15, 0.2) is 0 Å². The fourth-order valence-corrected chi connectivity index (χ4v) is 0.833. The predicted molar refractivity (Wildman–Crippen MR) is 37.4 cm³/mol. The Labute approximate surface area is 56.8 Å². The van der Waals surface area contributed by atoms with Crippen LogP contribution in [0.4, 0.5) is 0 Å². The molecule has 0 rings (SSSR count). The first-order valence-corrected chi connectivity index (χ1v) is 3.46. The zero-order valence-electron chi connectivity index (χ0n) is 6.42.